The van der Waals surface area contributed by atoms with Gasteiger partial charge < -0.3 is 14.9 Å². The van der Waals surface area contributed by atoms with Crippen molar-refractivity contribution in [1.82, 2.24) is 5.27 Å². The van der Waals surface area contributed by atoms with Crippen molar-refractivity contribution in [3.05, 3.63) is 35.5 Å². The number of rotatable bonds is 5. The monoisotopic (exact) mass is 277 g/mol. The number of hydrogen-bond acceptors (Lipinski definition) is 6. The fourth-order valence-electron chi connectivity index (χ4n) is 1.71. The maximum absolute atomic E-state index is 11.0. The van der Waals surface area contributed by atoms with Crippen LogP contribution in [-0.2, 0) is 13.2 Å². The van der Waals surface area contributed by atoms with Gasteiger partial charge >= 0.3 is 11.6 Å². The highest BCUT2D eigenvalue weighted by Gasteiger charge is 2.23. The molecule has 106 valence electrons. The highest BCUT2D eigenvalue weighted by molar-refractivity contribution is 5.71. The number of ether oxygens (including phenoxy) is 1. The lowest BCUT2D eigenvalue weighted by Crippen LogP contribution is -2.39. The Morgan fingerprint density at radius 1 is 1.45 bits per heavy atom. The van der Waals surface area contributed by atoms with E-state index >= 15 is 0 Å². The third kappa shape index (κ3) is 3.12. The summed E-state index contributed by atoms with van der Waals surface area (Å²) >= 11 is 0. The molecule has 0 spiro atoms. The summed E-state index contributed by atoms with van der Waals surface area (Å²) in [6.45, 7) is 1.39. The third-order valence-corrected chi connectivity index (χ3v) is 2.68. The van der Waals surface area contributed by atoms with Crippen LogP contribution < -0.4 is 14.5 Å². The first-order chi connectivity index (χ1) is 9.63. The minimum Gasteiger partial charge on any atom is -0.862 e. The molecular formula is C13H15N3O4. The molecule has 0 fully saturated rings. The van der Waals surface area contributed by atoms with Crippen molar-refractivity contribution in [2.24, 2.45) is 4.99 Å². The first-order valence-electron chi connectivity index (χ1n) is 5.98. The zero-order valence-electron chi connectivity index (χ0n) is 11.2. The van der Waals surface area contributed by atoms with Crippen LogP contribution in [-0.4, -0.2) is 23.4 Å². The molecule has 1 heterocycles. The number of aliphatic hydroxyl groups is 1. The minimum atomic E-state index is -0.410. The van der Waals surface area contributed by atoms with Gasteiger partial charge in [0.2, 0.25) is 11.8 Å². The van der Waals surface area contributed by atoms with Gasteiger partial charge in [0.05, 0.1) is 7.11 Å². The lowest BCUT2D eigenvalue weighted by molar-refractivity contribution is -0.762. The van der Waals surface area contributed by atoms with Crippen LogP contribution >= 0.6 is 0 Å². The van der Waals surface area contributed by atoms with Gasteiger partial charge in [-0.15, -0.1) is 0 Å². The second-order valence-electron chi connectivity index (χ2n) is 4.12. The Balaban J connectivity index is 2.24. The molecule has 1 aromatic carbocycles. The largest absolute Gasteiger partial charge is 0.862 e. The SMILES string of the molecule is COc1ccc(C[n+]2noc(/N=C(/C)[O-])c2CO)cc1. The van der Waals surface area contributed by atoms with Crippen molar-refractivity contribution in [3.8, 4) is 5.75 Å². The van der Waals surface area contributed by atoms with Crippen LogP contribution in [0, 0.1) is 0 Å². The van der Waals surface area contributed by atoms with Gasteiger partial charge in [-0.05, 0) is 41.8 Å². The summed E-state index contributed by atoms with van der Waals surface area (Å²) < 4.78 is 11.5. The standard InChI is InChI=1S/C13H15N3O4/c1-9(18)14-13-12(8-17)16(15-20-13)7-10-3-5-11(19-2)6-4-10/h3-6,17H,7-8H2,1-2H3. The molecular weight excluding hydrogens is 262 g/mol. The average Bonchev–Trinajstić information content (AvgIpc) is 2.80. The minimum absolute atomic E-state index is 0.0357. The lowest BCUT2D eigenvalue weighted by Gasteiger charge is -2.00. The Bertz CT molecular complexity index is 601. The number of methoxy groups -OCH3 is 1. The summed E-state index contributed by atoms with van der Waals surface area (Å²) in [5, 5.41) is 24.1. The molecule has 7 nitrogen and oxygen atoms in total. The van der Waals surface area contributed by atoms with Crippen molar-refractivity contribution in [2.75, 3.05) is 7.11 Å². The molecule has 0 saturated heterocycles. The molecule has 0 unspecified atom stereocenters. The van der Waals surface area contributed by atoms with Crippen LogP contribution in [0.5, 0.6) is 5.75 Å². The van der Waals surface area contributed by atoms with Crippen molar-refractivity contribution < 1.29 is 24.2 Å². The van der Waals surface area contributed by atoms with Gasteiger partial charge in [-0.25, -0.2) is 4.99 Å². The van der Waals surface area contributed by atoms with E-state index in [1.54, 1.807) is 7.11 Å². The van der Waals surface area contributed by atoms with E-state index in [1.165, 1.54) is 11.6 Å². The van der Waals surface area contributed by atoms with Crippen LogP contribution in [0.3, 0.4) is 0 Å². The van der Waals surface area contributed by atoms with Crippen LogP contribution in [0.4, 0.5) is 5.88 Å². The molecule has 2 aromatic rings. The predicted molar refractivity (Wildman–Crippen MR) is 67.5 cm³/mol. The Labute approximate surface area is 115 Å². The maximum atomic E-state index is 11.0. The molecule has 0 saturated carbocycles. The zero-order valence-corrected chi connectivity index (χ0v) is 11.2. The third-order valence-electron chi connectivity index (χ3n) is 2.68. The van der Waals surface area contributed by atoms with Gasteiger partial charge in [0.15, 0.2) is 0 Å². The average molecular weight is 277 g/mol. The van der Waals surface area contributed by atoms with Crippen molar-refractivity contribution >= 4 is 11.8 Å². The van der Waals surface area contributed by atoms with E-state index in [4.69, 9.17) is 9.26 Å². The summed E-state index contributed by atoms with van der Waals surface area (Å²) in [6.07, 6.45) is 0. The highest BCUT2D eigenvalue weighted by atomic mass is 16.5. The highest BCUT2D eigenvalue weighted by Crippen LogP contribution is 2.16. The van der Waals surface area contributed by atoms with E-state index in [0.29, 0.717) is 12.2 Å². The second-order valence-corrected chi connectivity index (χ2v) is 4.12. The van der Waals surface area contributed by atoms with Crippen molar-refractivity contribution in [1.29, 1.82) is 0 Å². The Morgan fingerprint density at radius 2 is 2.15 bits per heavy atom. The van der Waals surface area contributed by atoms with Gasteiger partial charge in [0.1, 0.15) is 12.4 Å². The zero-order chi connectivity index (χ0) is 14.5. The molecule has 0 radical (unpaired) electrons. The summed E-state index contributed by atoms with van der Waals surface area (Å²) in [5.74, 6) is 0.384. The normalized spacial score (nSPS) is 11.7. The molecule has 1 N–H and O–H groups in total. The van der Waals surface area contributed by atoms with Crippen LogP contribution in [0.2, 0.25) is 0 Å². The molecule has 20 heavy (non-hydrogen) atoms. The number of benzene rings is 1. The topological polar surface area (TPSA) is 94.8 Å². The fraction of sp³-hybridized carbons (Fsp3) is 0.308. The first kappa shape index (κ1) is 14.0. The quantitative estimate of drug-likeness (QED) is 0.468. The summed E-state index contributed by atoms with van der Waals surface area (Å²) in [5.41, 5.74) is 1.31. The van der Waals surface area contributed by atoms with E-state index in [-0.39, 0.29) is 12.5 Å². The second kappa shape index (κ2) is 6.16. The maximum Gasteiger partial charge on any atom is 0.326 e. The molecule has 0 aliphatic rings. The molecule has 0 aliphatic heterocycles. The predicted octanol–water partition coefficient (Wildman–Crippen LogP) is -0.0785. The lowest BCUT2D eigenvalue weighted by atomic mass is 10.2. The Hall–Kier alpha value is -2.41. The van der Waals surface area contributed by atoms with E-state index in [1.807, 2.05) is 24.3 Å². The smallest absolute Gasteiger partial charge is 0.326 e. The van der Waals surface area contributed by atoms with E-state index < -0.39 is 5.90 Å². The number of aliphatic imine (C=N–C) groups is 1. The molecule has 2 rings (SSSR count). The van der Waals surface area contributed by atoms with Crippen molar-refractivity contribution in [2.45, 2.75) is 20.1 Å². The van der Waals surface area contributed by atoms with Gasteiger partial charge in [-0.1, -0.05) is 0 Å². The van der Waals surface area contributed by atoms with Gasteiger partial charge in [-0.3, -0.25) is 4.52 Å². The fourth-order valence-corrected chi connectivity index (χ4v) is 1.71. The van der Waals surface area contributed by atoms with Gasteiger partial charge in [0, 0.05) is 5.56 Å². The van der Waals surface area contributed by atoms with Crippen molar-refractivity contribution in [3.63, 3.8) is 0 Å². The summed E-state index contributed by atoms with van der Waals surface area (Å²) in [4.78, 5) is 3.65. The Morgan fingerprint density at radius 3 is 2.70 bits per heavy atom. The molecule has 0 bridgehead atoms. The molecule has 7 heteroatoms. The van der Waals surface area contributed by atoms with E-state index in [9.17, 15) is 10.2 Å². The molecule has 0 aliphatic carbocycles. The van der Waals surface area contributed by atoms with Crippen LogP contribution in [0.25, 0.3) is 0 Å². The number of aliphatic hydroxyl groups excluding tert-OH is 1. The first-order valence-corrected chi connectivity index (χ1v) is 5.98. The van der Waals surface area contributed by atoms with Crippen LogP contribution in [0.15, 0.2) is 33.8 Å². The van der Waals surface area contributed by atoms with E-state index in [2.05, 4.69) is 10.3 Å². The van der Waals surface area contributed by atoms with E-state index in [0.717, 1.165) is 11.3 Å². The molecule has 0 atom stereocenters. The molecule has 0 amide bonds. The van der Waals surface area contributed by atoms with Crippen LogP contribution in [0.1, 0.15) is 18.2 Å². The van der Waals surface area contributed by atoms with Gasteiger partial charge in [0.25, 0.3) is 0 Å². The Kier molecular flexibility index (Phi) is 4.31. The number of aromatic nitrogens is 2. The summed E-state index contributed by atoms with van der Waals surface area (Å²) in [6, 6.07) is 7.41. The number of hydrogen-bond donors (Lipinski definition) is 1. The summed E-state index contributed by atoms with van der Waals surface area (Å²) in [7, 11) is 1.60. The number of nitrogens with zero attached hydrogens (tertiary/aromatic N) is 3. The van der Waals surface area contributed by atoms with Gasteiger partial charge in [-0.2, -0.15) is 0 Å². The molecule has 1 aromatic heterocycles.